The molecule has 6 nitrogen and oxygen atoms in total. The number of benzene rings is 1. The third-order valence-electron chi connectivity index (χ3n) is 4.60. The van der Waals surface area contributed by atoms with E-state index in [1.165, 1.54) is 13.0 Å². The van der Waals surface area contributed by atoms with E-state index >= 15 is 0 Å². The lowest BCUT2D eigenvalue weighted by molar-refractivity contribution is -0.218. The van der Waals surface area contributed by atoms with Gasteiger partial charge in [-0.05, 0) is 13.0 Å². The molecule has 2 aliphatic rings. The summed E-state index contributed by atoms with van der Waals surface area (Å²) in [4.78, 5) is 36.8. The van der Waals surface area contributed by atoms with Gasteiger partial charge in [-0.25, -0.2) is 0 Å². The van der Waals surface area contributed by atoms with Crippen LogP contribution in [0.15, 0.2) is 36.9 Å². The van der Waals surface area contributed by atoms with Gasteiger partial charge in [-0.2, -0.15) is 0 Å². The molecule has 0 aromatic heterocycles. The molecule has 1 saturated carbocycles. The number of fused-ring (bicyclic) bond motifs is 3. The van der Waals surface area contributed by atoms with E-state index in [9.17, 15) is 14.4 Å². The summed E-state index contributed by atoms with van der Waals surface area (Å²) in [6.07, 6.45) is 1.45. The SMILES string of the molecule is C=CCOC(=O)C12CC(C)(OC(C)=O)C1c1ccccc1OC2=O. The Bertz CT molecular complexity index is 739. The molecule has 1 fully saturated rings. The second-order valence-corrected chi connectivity index (χ2v) is 6.30. The van der Waals surface area contributed by atoms with Gasteiger partial charge >= 0.3 is 17.9 Å². The van der Waals surface area contributed by atoms with Gasteiger partial charge in [0.2, 0.25) is 0 Å². The van der Waals surface area contributed by atoms with Crippen LogP contribution in [0.25, 0.3) is 0 Å². The Balaban J connectivity index is 2.09. The highest BCUT2D eigenvalue weighted by atomic mass is 16.6. The van der Waals surface area contributed by atoms with Crippen LogP contribution in [0, 0.1) is 5.41 Å². The van der Waals surface area contributed by atoms with Crippen LogP contribution >= 0.6 is 0 Å². The quantitative estimate of drug-likeness (QED) is 0.364. The molecule has 3 unspecified atom stereocenters. The number of para-hydroxylation sites is 1. The molecule has 6 heteroatoms. The predicted octanol–water partition coefficient (Wildman–Crippen LogP) is 2.13. The Morgan fingerprint density at radius 2 is 2.12 bits per heavy atom. The van der Waals surface area contributed by atoms with Crippen LogP contribution in [-0.4, -0.2) is 30.1 Å². The van der Waals surface area contributed by atoms with Crippen LogP contribution in [-0.2, 0) is 23.9 Å². The third kappa shape index (κ3) is 2.13. The summed E-state index contributed by atoms with van der Waals surface area (Å²) in [7, 11) is 0. The van der Waals surface area contributed by atoms with E-state index in [2.05, 4.69) is 6.58 Å². The fourth-order valence-corrected chi connectivity index (χ4v) is 3.90. The molecule has 1 heterocycles. The minimum absolute atomic E-state index is 0.00743. The molecule has 0 N–H and O–H groups in total. The van der Waals surface area contributed by atoms with Crippen molar-refractivity contribution >= 4 is 17.9 Å². The monoisotopic (exact) mass is 330 g/mol. The summed E-state index contributed by atoms with van der Waals surface area (Å²) in [5.41, 5.74) is -1.82. The number of carbonyl (C=O) groups excluding carboxylic acids is 3. The predicted molar refractivity (Wildman–Crippen MR) is 83.2 cm³/mol. The van der Waals surface area contributed by atoms with Crippen molar-refractivity contribution in [2.45, 2.75) is 31.8 Å². The van der Waals surface area contributed by atoms with Gasteiger partial charge in [0.25, 0.3) is 0 Å². The minimum Gasteiger partial charge on any atom is -0.461 e. The summed E-state index contributed by atoms with van der Waals surface area (Å²) < 4.78 is 16.0. The number of esters is 3. The standard InChI is InChI=1S/C18H18O6/c1-4-9-22-15(20)18-10-17(3,24-11(2)19)14(18)12-7-5-6-8-13(12)23-16(18)21/h4-8,14H,1,9-10H2,2-3H3. The largest absolute Gasteiger partial charge is 0.461 e. The van der Waals surface area contributed by atoms with Crippen molar-refractivity contribution in [2.24, 2.45) is 5.41 Å². The van der Waals surface area contributed by atoms with E-state index in [1.54, 1.807) is 31.2 Å². The molecule has 1 aliphatic carbocycles. The second kappa shape index (κ2) is 5.47. The lowest BCUT2D eigenvalue weighted by atomic mass is 9.48. The first-order chi connectivity index (χ1) is 11.3. The second-order valence-electron chi connectivity index (χ2n) is 6.30. The summed E-state index contributed by atoms with van der Waals surface area (Å²) in [5.74, 6) is -2.11. The van der Waals surface area contributed by atoms with Crippen molar-refractivity contribution in [1.29, 1.82) is 0 Å². The maximum absolute atomic E-state index is 12.6. The van der Waals surface area contributed by atoms with Gasteiger partial charge in [0, 0.05) is 18.9 Å². The lowest BCUT2D eigenvalue weighted by Crippen LogP contribution is -2.69. The third-order valence-corrected chi connectivity index (χ3v) is 4.60. The lowest BCUT2D eigenvalue weighted by Gasteiger charge is -2.58. The number of hydrogen-bond acceptors (Lipinski definition) is 6. The highest BCUT2D eigenvalue weighted by Crippen LogP contribution is 2.65. The normalized spacial score (nSPS) is 30.1. The van der Waals surface area contributed by atoms with Crippen LogP contribution in [0.1, 0.15) is 31.7 Å². The zero-order chi connectivity index (χ0) is 17.5. The Labute approximate surface area is 139 Å². The van der Waals surface area contributed by atoms with Crippen molar-refractivity contribution in [3.63, 3.8) is 0 Å². The Morgan fingerprint density at radius 1 is 1.42 bits per heavy atom. The first-order valence-electron chi connectivity index (χ1n) is 7.64. The van der Waals surface area contributed by atoms with Crippen LogP contribution in [0.2, 0.25) is 0 Å². The van der Waals surface area contributed by atoms with Crippen LogP contribution in [0.4, 0.5) is 0 Å². The van der Waals surface area contributed by atoms with Crippen LogP contribution < -0.4 is 4.74 Å². The molecule has 126 valence electrons. The summed E-state index contributed by atoms with van der Waals surface area (Å²) in [6.45, 7) is 6.51. The molecular formula is C18H18O6. The van der Waals surface area contributed by atoms with Crippen molar-refractivity contribution in [2.75, 3.05) is 6.61 Å². The molecule has 3 rings (SSSR count). The Kier molecular flexibility index (Phi) is 3.70. The highest BCUT2D eigenvalue weighted by Gasteiger charge is 2.75. The van der Waals surface area contributed by atoms with E-state index in [4.69, 9.17) is 14.2 Å². The van der Waals surface area contributed by atoms with Crippen LogP contribution in [0.3, 0.4) is 0 Å². The van der Waals surface area contributed by atoms with E-state index < -0.39 is 34.8 Å². The minimum atomic E-state index is -1.50. The van der Waals surface area contributed by atoms with E-state index in [1.807, 2.05) is 0 Å². The maximum Gasteiger partial charge on any atom is 0.329 e. The first kappa shape index (κ1) is 16.2. The average Bonchev–Trinajstić information content (AvgIpc) is 2.50. The summed E-state index contributed by atoms with van der Waals surface area (Å²) in [6, 6.07) is 6.93. The molecule has 24 heavy (non-hydrogen) atoms. The summed E-state index contributed by atoms with van der Waals surface area (Å²) in [5, 5.41) is 0. The molecule has 0 amide bonds. The smallest absolute Gasteiger partial charge is 0.329 e. The molecule has 0 radical (unpaired) electrons. The number of rotatable bonds is 4. The number of ether oxygens (including phenoxy) is 3. The molecule has 0 saturated heterocycles. The number of carbonyl (C=O) groups is 3. The number of hydrogen-bond donors (Lipinski definition) is 0. The molecule has 3 atom stereocenters. The van der Waals surface area contributed by atoms with Crippen molar-refractivity contribution in [1.82, 2.24) is 0 Å². The van der Waals surface area contributed by atoms with Crippen molar-refractivity contribution in [3.8, 4) is 5.75 Å². The highest BCUT2D eigenvalue weighted by molar-refractivity contribution is 6.05. The van der Waals surface area contributed by atoms with Crippen molar-refractivity contribution in [3.05, 3.63) is 42.5 Å². The zero-order valence-corrected chi connectivity index (χ0v) is 13.5. The van der Waals surface area contributed by atoms with E-state index in [0.717, 1.165) is 0 Å². The van der Waals surface area contributed by atoms with Gasteiger partial charge in [0.1, 0.15) is 18.0 Å². The van der Waals surface area contributed by atoms with Gasteiger partial charge in [-0.1, -0.05) is 30.9 Å². The molecule has 1 aromatic carbocycles. The van der Waals surface area contributed by atoms with Crippen molar-refractivity contribution < 1.29 is 28.6 Å². The molecule has 1 aromatic rings. The van der Waals surface area contributed by atoms with Gasteiger partial charge in [0.05, 0.1) is 5.92 Å². The zero-order valence-electron chi connectivity index (χ0n) is 13.5. The molecular weight excluding hydrogens is 312 g/mol. The Morgan fingerprint density at radius 3 is 2.79 bits per heavy atom. The maximum atomic E-state index is 12.6. The Hall–Kier alpha value is -2.63. The molecule has 0 spiro atoms. The molecule has 1 aliphatic heterocycles. The summed E-state index contributed by atoms with van der Waals surface area (Å²) >= 11 is 0. The average molecular weight is 330 g/mol. The van der Waals surface area contributed by atoms with Gasteiger partial charge < -0.3 is 14.2 Å². The first-order valence-corrected chi connectivity index (χ1v) is 7.64. The van der Waals surface area contributed by atoms with Gasteiger partial charge in [0.15, 0.2) is 5.41 Å². The van der Waals surface area contributed by atoms with Crippen LogP contribution in [0.5, 0.6) is 5.75 Å². The van der Waals surface area contributed by atoms with E-state index in [-0.39, 0.29) is 13.0 Å². The fourth-order valence-electron chi connectivity index (χ4n) is 3.90. The molecule has 0 bridgehead atoms. The van der Waals surface area contributed by atoms with Gasteiger partial charge in [-0.15, -0.1) is 0 Å². The fraction of sp³-hybridized carbons (Fsp3) is 0.389. The topological polar surface area (TPSA) is 78.9 Å². The van der Waals surface area contributed by atoms with Gasteiger partial charge in [-0.3, -0.25) is 14.4 Å². The van der Waals surface area contributed by atoms with E-state index in [0.29, 0.717) is 11.3 Å².